The maximum Gasteiger partial charge on any atom is 0.142 e. The lowest BCUT2D eigenvalue weighted by atomic mass is 9.81. The molecule has 1 aliphatic heterocycles. The first-order valence-corrected chi connectivity index (χ1v) is 9.24. The van der Waals surface area contributed by atoms with Crippen LogP contribution in [0, 0.1) is 16.7 Å². The third-order valence-corrected chi connectivity index (χ3v) is 5.51. The molecule has 140 valence electrons. The van der Waals surface area contributed by atoms with E-state index >= 15 is 0 Å². The van der Waals surface area contributed by atoms with Crippen LogP contribution in [-0.4, -0.2) is 57.8 Å². The minimum Gasteiger partial charge on any atom is -0.492 e. The molecule has 1 fully saturated rings. The molecule has 7 heteroatoms. The number of aromatic nitrogens is 3. The average molecular weight is 365 g/mol. The molecule has 0 amide bonds. The van der Waals surface area contributed by atoms with Gasteiger partial charge in [0.2, 0.25) is 0 Å². The molecule has 0 radical (unpaired) electrons. The number of ether oxygens (including phenoxy) is 1. The quantitative estimate of drug-likeness (QED) is 0.721. The minimum absolute atomic E-state index is 0.104. The van der Waals surface area contributed by atoms with E-state index in [-0.39, 0.29) is 12.0 Å². The van der Waals surface area contributed by atoms with Crippen molar-refractivity contribution < 1.29 is 9.84 Å². The van der Waals surface area contributed by atoms with E-state index in [1.165, 1.54) is 0 Å². The third kappa shape index (κ3) is 3.46. The van der Waals surface area contributed by atoms with Crippen molar-refractivity contribution in [2.24, 2.45) is 5.41 Å². The third-order valence-electron chi connectivity index (χ3n) is 5.51. The van der Waals surface area contributed by atoms with E-state index in [9.17, 15) is 0 Å². The molecule has 0 saturated carbocycles. The largest absolute Gasteiger partial charge is 0.492 e. The highest BCUT2D eigenvalue weighted by Gasteiger charge is 2.31. The fraction of sp³-hybridized carbons (Fsp3) is 0.450. The number of fused-ring (bicyclic) bond motifs is 3. The first-order chi connectivity index (χ1) is 13.1. The molecule has 0 bridgehead atoms. The van der Waals surface area contributed by atoms with Gasteiger partial charge in [-0.3, -0.25) is 0 Å². The Balaban J connectivity index is 1.58. The predicted octanol–water partition coefficient (Wildman–Crippen LogP) is 2.46. The number of hydrogen-bond donors (Lipinski definition) is 2. The highest BCUT2D eigenvalue weighted by Crippen LogP contribution is 2.35. The summed E-state index contributed by atoms with van der Waals surface area (Å²) in [4.78, 5) is 14.1. The molecule has 2 N–H and O–H groups in total. The topological polar surface area (TPSA) is 98.1 Å². The lowest BCUT2D eigenvalue weighted by molar-refractivity contribution is 0.0613. The maximum atomic E-state index is 9.15. The van der Waals surface area contributed by atoms with E-state index in [1.807, 2.05) is 6.07 Å². The van der Waals surface area contributed by atoms with Crippen molar-refractivity contribution >= 4 is 21.9 Å². The molecule has 0 aliphatic carbocycles. The zero-order chi connectivity index (χ0) is 18.9. The monoisotopic (exact) mass is 365 g/mol. The van der Waals surface area contributed by atoms with E-state index in [0.29, 0.717) is 12.3 Å². The highest BCUT2D eigenvalue weighted by molar-refractivity contribution is 6.09. The summed E-state index contributed by atoms with van der Waals surface area (Å²) < 4.78 is 6.27. The first-order valence-electron chi connectivity index (χ1n) is 9.24. The lowest BCUT2D eigenvalue weighted by Gasteiger charge is -2.38. The van der Waals surface area contributed by atoms with Crippen molar-refractivity contribution in [1.29, 1.82) is 5.26 Å². The SMILES string of the molecule is CC1(COc2ccnc3[nH]c4cnc(C#N)cc4c23)CCN(CCO)CC1. The minimum atomic E-state index is 0.104. The number of aromatic amines is 1. The standard InChI is InChI=1S/C20H23N5O2/c1-20(3-6-25(7-4-20)8-9-26)13-27-17-2-5-22-19-18(17)15-10-14(11-21)23-12-16(15)24-19/h2,5,10,12,26H,3-4,6-9,13H2,1H3,(H,22,24). The van der Waals surface area contributed by atoms with Gasteiger partial charge in [0, 0.05) is 23.5 Å². The van der Waals surface area contributed by atoms with Gasteiger partial charge in [-0.15, -0.1) is 0 Å². The summed E-state index contributed by atoms with van der Waals surface area (Å²) in [5.41, 5.74) is 2.06. The number of nitrogens with one attached hydrogen (secondary N) is 1. The van der Waals surface area contributed by atoms with Gasteiger partial charge in [-0.05, 0) is 38.1 Å². The summed E-state index contributed by atoms with van der Waals surface area (Å²) in [5.74, 6) is 0.778. The van der Waals surface area contributed by atoms with Crippen LogP contribution >= 0.6 is 0 Å². The number of rotatable bonds is 5. The van der Waals surface area contributed by atoms with E-state index in [4.69, 9.17) is 15.1 Å². The number of aliphatic hydroxyl groups is 1. The van der Waals surface area contributed by atoms with Gasteiger partial charge in [-0.2, -0.15) is 5.26 Å². The number of pyridine rings is 2. The molecule has 0 atom stereocenters. The van der Waals surface area contributed by atoms with Crippen molar-refractivity contribution in [3.05, 3.63) is 30.2 Å². The Labute approximate surface area is 157 Å². The molecular formula is C20H23N5O2. The van der Waals surface area contributed by atoms with Crippen LogP contribution < -0.4 is 4.74 Å². The molecular weight excluding hydrogens is 342 g/mol. The second-order valence-corrected chi connectivity index (χ2v) is 7.55. The molecule has 27 heavy (non-hydrogen) atoms. The lowest BCUT2D eigenvalue weighted by Crippen LogP contribution is -2.42. The maximum absolute atomic E-state index is 9.15. The Morgan fingerprint density at radius 2 is 2.19 bits per heavy atom. The van der Waals surface area contributed by atoms with Crippen LogP contribution in [0.3, 0.4) is 0 Å². The van der Waals surface area contributed by atoms with Crippen LogP contribution in [0.1, 0.15) is 25.5 Å². The van der Waals surface area contributed by atoms with Gasteiger partial charge in [0.05, 0.1) is 30.3 Å². The zero-order valence-corrected chi connectivity index (χ0v) is 15.4. The fourth-order valence-electron chi connectivity index (χ4n) is 3.72. The number of nitrogens with zero attached hydrogens (tertiary/aromatic N) is 4. The molecule has 0 spiro atoms. The van der Waals surface area contributed by atoms with Gasteiger partial charge >= 0.3 is 0 Å². The van der Waals surface area contributed by atoms with Gasteiger partial charge < -0.3 is 19.7 Å². The molecule has 3 aromatic rings. The molecule has 3 aromatic heterocycles. The highest BCUT2D eigenvalue weighted by atomic mass is 16.5. The van der Waals surface area contributed by atoms with E-state index in [2.05, 4.69) is 32.8 Å². The summed E-state index contributed by atoms with van der Waals surface area (Å²) in [6.07, 6.45) is 5.48. The Hall–Kier alpha value is -2.69. The van der Waals surface area contributed by atoms with Crippen LogP contribution in [-0.2, 0) is 0 Å². The van der Waals surface area contributed by atoms with Gasteiger partial charge in [0.15, 0.2) is 0 Å². The van der Waals surface area contributed by atoms with Gasteiger partial charge in [0.1, 0.15) is 23.2 Å². The molecule has 4 rings (SSSR count). The summed E-state index contributed by atoms with van der Waals surface area (Å²) >= 11 is 0. The number of aliphatic hydroxyl groups excluding tert-OH is 1. The zero-order valence-electron chi connectivity index (χ0n) is 15.4. The molecule has 7 nitrogen and oxygen atoms in total. The van der Waals surface area contributed by atoms with E-state index in [0.717, 1.165) is 60.2 Å². The number of hydrogen-bond acceptors (Lipinski definition) is 6. The number of β-amino-alcohol motifs (C(OH)–C–C–N with tert-alkyl or cyclic N) is 1. The van der Waals surface area contributed by atoms with Crippen LogP contribution in [0.4, 0.5) is 0 Å². The van der Waals surface area contributed by atoms with Crippen LogP contribution in [0.2, 0.25) is 0 Å². The Morgan fingerprint density at radius 3 is 2.93 bits per heavy atom. The Kier molecular flexibility index (Phi) is 4.68. The summed E-state index contributed by atoms with van der Waals surface area (Å²) in [5, 5.41) is 20.1. The Morgan fingerprint density at radius 1 is 1.37 bits per heavy atom. The van der Waals surface area contributed by atoms with Gasteiger partial charge in [-0.1, -0.05) is 6.92 Å². The van der Waals surface area contributed by atoms with Crippen molar-refractivity contribution in [3.63, 3.8) is 0 Å². The van der Waals surface area contributed by atoms with Gasteiger partial charge in [-0.25, -0.2) is 9.97 Å². The number of H-pyrrole nitrogens is 1. The summed E-state index contributed by atoms with van der Waals surface area (Å²) in [6.45, 7) is 5.80. The van der Waals surface area contributed by atoms with E-state index < -0.39 is 0 Å². The van der Waals surface area contributed by atoms with Crippen LogP contribution in [0.25, 0.3) is 21.9 Å². The van der Waals surface area contributed by atoms with Gasteiger partial charge in [0.25, 0.3) is 0 Å². The molecule has 0 unspecified atom stereocenters. The van der Waals surface area contributed by atoms with Crippen molar-refractivity contribution in [3.8, 4) is 11.8 Å². The number of nitriles is 1. The van der Waals surface area contributed by atoms with Crippen molar-refractivity contribution in [2.45, 2.75) is 19.8 Å². The molecule has 1 aliphatic rings. The van der Waals surface area contributed by atoms with Crippen molar-refractivity contribution in [2.75, 3.05) is 32.8 Å². The molecule has 1 saturated heterocycles. The number of likely N-dealkylation sites (tertiary alicyclic amines) is 1. The summed E-state index contributed by atoms with van der Waals surface area (Å²) in [7, 11) is 0. The average Bonchev–Trinajstić information content (AvgIpc) is 3.07. The Bertz CT molecular complexity index is 999. The van der Waals surface area contributed by atoms with Crippen LogP contribution in [0.5, 0.6) is 5.75 Å². The second-order valence-electron chi connectivity index (χ2n) is 7.55. The number of piperidine rings is 1. The van der Waals surface area contributed by atoms with Crippen LogP contribution in [0.15, 0.2) is 24.5 Å². The molecule has 0 aromatic carbocycles. The van der Waals surface area contributed by atoms with Crippen molar-refractivity contribution in [1.82, 2.24) is 19.9 Å². The second kappa shape index (κ2) is 7.14. The first kappa shape index (κ1) is 17.7. The molecule has 4 heterocycles. The van der Waals surface area contributed by atoms with E-state index in [1.54, 1.807) is 18.5 Å². The fourth-order valence-corrected chi connectivity index (χ4v) is 3.72. The smallest absolute Gasteiger partial charge is 0.142 e. The normalized spacial score (nSPS) is 17.2. The summed E-state index contributed by atoms with van der Waals surface area (Å²) in [6, 6.07) is 5.75. The predicted molar refractivity (Wildman–Crippen MR) is 102 cm³/mol.